The highest BCUT2D eigenvalue weighted by atomic mass is 35.5. The van der Waals surface area contributed by atoms with Gasteiger partial charge in [-0.05, 0) is 12.1 Å². The second-order valence-corrected chi connectivity index (χ2v) is 3.90. The molecule has 0 saturated carbocycles. The molecule has 1 aromatic carbocycles. The normalized spacial score (nSPS) is 10.8. The van der Waals surface area contributed by atoms with Crippen molar-refractivity contribution in [2.75, 3.05) is 0 Å². The quantitative estimate of drug-likeness (QED) is 0.621. The lowest BCUT2D eigenvalue weighted by Crippen LogP contribution is -1.86. The molecule has 3 heteroatoms. The van der Waals surface area contributed by atoms with Gasteiger partial charge in [-0.3, -0.25) is 4.40 Å². The molecule has 0 bridgehead atoms. The Balaban J connectivity index is 2.35. The van der Waals surface area contributed by atoms with Crippen LogP contribution in [-0.4, -0.2) is 9.38 Å². The van der Waals surface area contributed by atoms with Gasteiger partial charge in [-0.25, -0.2) is 4.98 Å². The summed E-state index contributed by atoms with van der Waals surface area (Å²) >= 11 is 6.17. The highest BCUT2D eigenvalue weighted by Gasteiger charge is 2.10. The number of imidazole rings is 1. The topological polar surface area (TPSA) is 17.3 Å². The monoisotopic (exact) mass is 228 g/mol. The van der Waals surface area contributed by atoms with Gasteiger partial charge in [0.1, 0.15) is 5.65 Å². The molecular formula is C13H9ClN2. The van der Waals surface area contributed by atoms with Gasteiger partial charge >= 0.3 is 0 Å². The van der Waals surface area contributed by atoms with Gasteiger partial charge in [0.2, 0.25) is 0 Å². The van der Waals surface area contributed by atoms with E-state index in [-0.39, 0.29) is 0 Å². The van der Waals surface area contributed by atoms with Crippen LogP contribution in [0.1, 0.15) is 0 Å². The van der Waals surface area contributed by atoms with E-state index in [2.05, 4.69) is 4.98 Å². The van der Waals surface area contributed by atoms with E-state index in [0.29, 0.717) is 5.15 Å². The molecule has 0 aliphatic rings. The van der Waals surface area contributed by atoms with Crippen LogP contribution < -0.4 is 0 Å². The molecule has 78 valence electrons. The molecular weight excluding hydrogens is 220 g/mol. The summed E-state index contributed by atoms with van der Waals surface area (Å²) in [5, 5.41) is 0.539. The average Bonchev–Trinajstić information content (AvgIpc) is 2.66. The van der Waals surface area contributed by atoms with Crippen molar-refractivity contribution in [3.05, 3.63) is 59.9 Å². The predicted octanol–water partition coefficient (Wildman–Crippen LogP) is 3.65. The fourth-order valence-electron chi connectivity index (χ4n) is 1.82. The number of halogens is 1. The van der Waals surface area contributed by atoms with Gasteiger partial charge in [0.25, 0.3) is 0 Å². The van der Waals surface area contributed by atoms with Crippen molar-refractivity contribution in [2.24, 2.45) is 0 Å². The largest absolute Gasteiger partial charge is 0.298 e. The van der Waals surface area contributed by atoms with Gasteiger partial charge in [-0.15, -0.1) is 0 Å². The highest BCUT2D eigenvalue weighted by Crippen LogP contribution is 2.28. The van der Waals surface area contributed by atoms with Gasteiger partial charge in [-0.2, -0.15) is 0 Å². The Kier molecular flexibility index (Phi) is 2.15. The third-order valence-electron chi connectivity index (χ3n) is 2.53. The number of fused-ring (bicyclic) bond motifs is 1. The molecule has 2 nitrogen and oxygen atoms in total. The zero-order chi connectivity index (χ0) is 11.0. The molecule has 0 unspecified atom stereocenters. The Bertz CT molecular complexity index is 629. The van der Waals surface area contributed by atoms with Crippen LogP contribution in [0.4, 0.5) is 0 Å². The minimum absolute atomic E-state index is 0.539. The maximum absolute atomic E-state index is 6.17. The SMILES string of the molecule is Clc1nc2ccccn2c1-c1ccccc1. The fraction of sp³-hybridized carbons (Fsp3) is 0. The molecule has 0 amide bonds. The zero-order valence-electron chi connectivity index (χ0n) is 8.47. The summed E-state index contributed by atoms with van der Waals surface area (Å²) in [7, 11) is 0. The van der Waals surface area contributed by atoms with E-state index in [1.54, 1.807) is 0 Å². The summed E-state index contributed by atoms with van der Waals surface area (Å²) in [6.07, 6.45) is 1.97. The molecule has 2 heterocycles. The molecule has 0 aliphatic carbocycles. The highest BCUT2D eigenvalue weighted by molar-refractivity contribution is 6.32. The van der Waals surface area contributed by atoms with Crippen LogP contribution >= 0.6 is 11.6 Å². The van der Waals surface area contributed by atoms with E-state index in [1.165, 1.54) is 0 Å². The molecule has 0 atom stereocenters. The van der Waals surface area contributed by atoms with Crippen molar-refractivity contribution in [1.29, 1.82) is 0 Å². The van der Waals surface area contributed by atoms with E-state index in [4.69, 9.17) is 11.6 Å². The summed E-state index contributed by atoms with van der Waals surface area (Å²) in [4.78, 5) is 4.32. The molecule has 0 fully saturated rings. The molecule has 0 saturated heterocycles. The van der Waals surface area contributed by atoms with Gasteiger partial charge in [0.05, 0.1) is 5.69 Å². The number of nitrogens with zero attached hydrogens (tertiary/aromatic N) is 2. The lowest BCUT2D eigenvalue weighted by atomic mass is 10.2. The van der Waals surface area contributed by atoms with E-state index in [9.17, 15) is 0 Å². The second-order valence-electron chi connectivity index (χ2n) is 3.55. The summed E-state index contributed by atoms with van der Waals surface area (Å²) in [5.74, 6) is 0. The minimum atomic E-state index is 0.539. The smallest absolute Gasteiger partial charge is 0.156 e. The second kappa shape index (κ2) is 3.65. The number of benzene rings is 1. The van der Waals surface area contributed by atoms with Gasteiger partial charge in [0, 0.05) is 11.8 Å². The average molecular weight is 229 g/mol. The molecule has 16 heavy (non-hydrogen) atoms. The molecule has 0 spiro atoms. The molecule has 3 aromatic rings. The van der Waals surface area contributed by atoms with Crippen molar-refractivity contribution in [1.82, 2.24) is 9.38 Å². The first-order valence-corrected chi connectivity index (χ1v) is 5.42. The first-order valence-electron chi connectivity index (χ1n) is 5.04. The van der Waals surface area contributed by atoms with E-state index >= 15 is 0 Å². The predicted molar refractivity (Wildman–Crippen MR) is 65.6 cm³/mol. The van der Waals surface area contributed by atoms with E-state index in [1.807, 2.05) is 59.1 Å². The lowest BCUT2D eigenvalue weighted by molar-refractivity contribution is 1.19. The van der Waals surface area contributed by atoms with Crippen LogP contribution in [0.15, 0.2) is 54.7 Å². The van der Waals surface area contributed by atoms with Crippen LogP contribution in [0, 0.1) is 0 Å². The summed E-state index contributed by atoms with van der Waals surface area (Å²) in [5.41, 5.74) is 2.88. The Morgan fingerprint density at radius 2 is 1.69 bits per heavy atom. The van der Waals surface area contributed by atoms with E-state index < -0.39 is 0 Å². The van der Waals surface area contributed by atoms with Gasteiger partial charge in [0.15, 0.2) is 5.15 Å². The molecule has 2 aromatic heterocycles. The third kappa shape index (κ3) is 1.39. The van der Waals surface area contributed by atoms with Crippen molar-refractivity contribution in [3.8, 4) is 11.3 Å². The number of rotatable bonds is 1. The first-order chi connectivity index (χ1) is 7.86. The fourth-order valence-corrected chi connectivity index (χ4v) is 2.11. The van der Waals surface area contributed by atoms with Crippen molar-refractivity contribution >= 4 is 17.2 Å². The first kappa shape index (κ1) is 9.43. The maximum atomic E-state index is 6.17. The van der Waals surface area contributed by atoms with Crippen LogP contribution in [0.3, 0.4) is 0 Å². The summed E-state index contributed by atoms with van der Waals surface area (Å²) in [6, 6.07) is 15.9. The summed E-state index contributed by atoms with van der Waals surface area (Å²) in [6.45, 7) is 0. The standard InChI is InChI=1S/C13H9ClN2/c14-13-12(10-6-2-1-3-7-10)16-9-5-4-8-11(16)15-13/h1-9H. The van der Waals surface area contributed by atoms with E-state index in [0.717, 1.165) is 16.9 Å². The Hall–Kier alpha value is -1.80. The molecule has 0 aliphatic heterocycles. The Morgan fingerprint density at radius 3 is 2.50 bits per heavy atom. The van der Waals surface area contributed by atoms with Crippen LogP contribution in [0.5, 0.6) is 0 Å². The van der Waals surface area contributed by atoms with Crippen molar-refractivity contribution in [2.45, 2.75) is 0 Å². The Labute approximate surface area is 98.1 Å². The van der Waals surface area contributed by atoms with Crippen LogP contribution in [0.2, 0.25) is 5.15 Å². The molecule has 0 N–H and O–H groups in total. The number of aromatic nitrogens is 2. The number of hydrogen-bond donors (Lipinski definition) is 0. The van der Waals surface area contributed by atoms with Crippen LogP contribution in [-0.2, 0) is 0 Å². The van der Waals surface area contributed by atoms with Crippen molar-refractivity contribution < 1.29 is 0 Å². The lowest BCUT2D eigenvalue weighted by Gasteiger charge is -2.01. The number of pyridine rings is 1. The van der Waals surface area contributed by atoms with Gasteiger partial charge < -0.3 is 0 Å². The molecule has 3 rings (SSSR count). The minimum Gasteiger partial charge on any atom is -0.298 e. The maximum Gasteiger partial charge on any atom is 0.156 e. The third-order valence-corrected chi connectivity index (χ3v) is 2.80. The Morgan fingerprint density at radius 1 is 0.938 bits per heavy atom. The van der Waals surface area contributed by atoms with Crippen molar-refractivity contribution in [3.63, 3.8) is 0 Å². The number of hydrogen-bond acceptors (Lipinski definition) is 1. The summed E-state index contributed by atoms with van der Waals surface area (Å²) < 4.78 is 2.00. The molecule has 0 radical (unpaired) electrons. The van der Waals surface area contributed by atoms with Crippen LogP contribution in [0.25, 0.3) is 16.9 Å². The zero-order valence-corrected chi connectivity index (χ0v) is 9.22. The van der Waals surface area contributed by atoms with Gasteiger partial charge in [-0.1, -0.05) is 48.0 Å².